The van der Waals surface area contributed by atoms with Crippen LogP contribution in [0.25, 0.3) is 0 Å². The minimum absolute atomic E-state index is 0.00430. The summed E-state index contributed by atoms with van der Waals surface area (Å²) in [5, 5.41) is 3.79. The van der Waals surface area contributed by atoms with Gasteiger partial charge in [-0.25, -0.2) is 4.79 Å². The van der Waals surface area contributed by atoms with Crippen LogP contribution in [0.4, 0.5) is 0 Å². The highest BCUT2D eigenvalue weighted by Crippen LogP contribution is 2.28. The number of benzene rings is 2. The van der Waals surface area contributed by atoms with Crippen LogP contribution in [-0.2, 0) is 16.1 Å². The van der Waals surface area contributed by atoms with Gasteiger partial charge in [-0.15, -0.1) is 0 Å². The third kappa shape index (κ3) is 5.85. The van der Waals surface area contributed by atoms with E-state index in [1.807, 2.05) is 37.3 Å². The number of ether oxygens (including phenoxy) is 1. The molecule has 6 nitrogen and oxygen atoms in total. The van der Waals surface area contributed by atoms with Crippen LogP contribution in [0, 0.1) is 0 Å². The molecule has 1 saturated heterocycles. The van der Waals surface area contributed by atoms with Gasteiger partial charge < -0.3 is 10.1 Å². The fraction of sp³-hybridized carbons (Fsp3) is 0.417. The maximum absolute atomic E-state index is 12.7. The van der Waals surface area contributed by atoms with Crippen LogP contribution in [0.5, 0.6) is 0 Å². The first-order chi connectivity index (χ1) is 14.9. The molecule has 0 saturated carbocycles. The third-order valence-corrected chi connectivity index (χ3v) is 6.37. The average molecular weight is 444 g/mol. The van der Waals surface area contributed by atoms with Crippen molar-refractivity contribution in [2.45, 2.75) is 32.5 Å². The first kappa shape index (κ1) is 23.3. The van der Waals surface area contributed by atoms with Gasteiger partial charge in [0.05, 0.1) is 18.7 Å². The number of hydrogen-bond donors (Lipinski definition) is 1. The van der Waals surface area contributed by atoms with E-state index in [1.165, 1.54) is 7.11 Å². The highest BCUT2D eigenvalue weighted by Gasteiger charge is 2.28. The van der Waals surface area contributed by atoms with Gasteiger partial charge in [0.2, 0.25) is 5.91 Å². The number of nitrogens with one attached hydrogen (secondary N) is 1. The van der Waals surface area contributed by atoms with Gasteiger partial charge in [-0.1, -0.05) is 41.9 Å². The molecule has 1 fully saturated rings. The summed E-state index contributed by atoms with van der Waals surface area (Å²) in [5.41, 5.74) is 2.57. The zero-order valence-electron chi connectivity index (χ0n) is 18.3. The van der Waals surface area contributed by atoms with Crippen LogP contribution >= 0.6 is 11.6 Å². The first-order valence-corrected chi connectivity index (χ1v) is 11.0. The molecule has 0 spiro atoms. The van der Waals surface area contributed by atoms with E-state index in [1.54, 1.807) is 12.1 Å². The fourth-order valence-corrected chi connectivity index (χ4v) is 4.20. The number of esters is 1. The van der Waals surface area contributed by atoms with Crippen LogP contribution in [0.15, 0.2) is 48.5 Å². The second-order valence-corrected chi connectivity index (χ2v) is 8.26. The van der Waals surface area contributed by atoms with E-state index in [2.05, 4.69) is 28.1 Å². The number of piperazine rings is 1. The van der Waals surface area contributed by atoms with Gasteiger partial charge in [0.25, 0.3) is 0 Å². The summed E-state index contributed by atoms with van der Waals surface area (Å²) in [6, 6.07) is 15.1. The maximum Gasteiger partial charge on any atom is 0.337 e. The Morgan fingerprint density at radius 3 is 2.23 bits per heavy atom. The molecule has 2 aromatic carbocycles. The topological polar surface area (TPSA) is 61.9 Å². The molecule has 1 N–H and O–H groups in total. The van der Waals surface area contributed by atoms with Crippen molar-refractivity contribution < 1.29 is 14.3 Å². The van der Waals surface area contributed by atoms with Crippen molar-refractivity contribution in [1.29, 1.82) is 0 Å². The van der Waals surface area contributed by atoms with E-state index in [4.69, 9.17) is 16.3 Å². The summed E-state index contributed by atoms with van der Waals surface area (Å²) in [7, 11) is 1.36. The van der Waals surface area contributed by atoms with Crippen molar-refractivity contribution in [1.82, 2.24) is 15.1 Å². The highest BCUT2D eigenvalue weighted by molar-refractivity contribution is 6.31. The number of rotatable bonds is 7. The molecule has 31 heavy (non-hydrogen) atoms. The van der Waals surface area contributed by atoms with Gasteiger partial charge in [0, 0.05) is 43.8 Å². The van der Waals surface area contributed by atoms with E-state index >= 15 is 0 Å². The summed E-state index contributed by atoms with van der Waals surface area (Å²) in [4.78, 5) is 28.8. The molecule has 1 amide bonds. The molecule has 166 valence electrons. The highest BCUT2D eigenvalue weighted by atomic mass is 35.5. The summed E-state index contributed by atoms with van der Waals surface area (Å²) in [6.07, 6.45) is 0. The Labute approximate surface area is 189 Å². The minimum atomic E-state index is -0.368. The molecule has 3 rings (SSSR count). The molecule has 1 heterocycles. The number of methoxy groups -OCH3 is 1. The molecular weight excluding hydrogens is 414 g/mol. The molecule has 0 aromatic heterocycles. The Morgan fingerprint density at radius 2 is 1.61 bits per heavy atom. The maximum atomic E-state index is 12.7. The van der Waals surface area contributed by atoms with Crippen LogP contribution in [-0.4, -0.2) is 61.0 Å². The second kappa shape index (κ2) is 10.8. The number of carbonyl (C=O) groups is 2. The lowest BCUT2D eigenvalue weighted by molar-refractivity contribution is -0.126. The molecule has 2 unspecified atom stereocenters. The van der Waals surface area contributed by atoms with Crippen LogP contribution < -0.4 is 5.32 Å². The Balaban J connectivity index is 1.47. The Hall–Kier alpha value is -2.41. The minimum Gasteiger partial charge on any atom is -0.465 e. The molecule has 0 radical (unpaired) electrons. The second-order valence-electron chi connectivity index (χ2n) is 7.85. The van der Waals surface area contributed by atoms with Gasteiger partial charge in [-0.2, -0.15) is 0 Å². The summed E-state index contributed by atoms with van der Waals surface area (Å²) in [6.45, 7) is 7.99. The van der Waals surface area contributed by atoms with Crippen LogP contribution in [0.2, 0.25) is 5.02 Å². The van der Waals surface area contributed by atoms with E-state index in [0.717, 1.165) is 42.3 Å². The zero-order valence-corrected chi connectivity index (χ0v) is 19.1. The van der Waals surface area contributed by atoms with Gasteiger partial charge >= 0.3 is 5.97 Å². The number of amides is 1. The fourth-order valence-electron chi connectivity index (χ4n) is 3.90. The third-order valence-electron chi connectivity index (χ3n) is 6.02. The van der Waals surface area contributed by atoms with Gasteiger partial charge in [-0.05, 0) is 43.2 Å². The molecule has 2 atom stereocenters. The van der Waals surface area contributed by atoms with Gasteiger partial charge in [0.1, 0.15) is 0 Å². The number of halogens is 1. The van der Waals surface area contributed by atoms with Crippen molar-refractivity contribution in [3.05, 3.63) is 70.2 Å². The summed E-state index contributed by atoms with van der Waals surface area (Å²) in [5.74, 6) is -0.364. The molecule has 0 aliphatic carbocycles. The number of carbonyl (C=O) groups excluding carboxylic acids is 2. The van der Waals surface area contributed by atoms with Crippen molar-refractivity contribution in [2.75, 3.05) is 33.3 Å². The van der Waals surface area contributed by atoms with E-state index in [-0.39, 0.29) is 24.0 Å². The smallest absolute Gasteiger partial charge is 0.337 e. The van der Waals surface area contributed by atoms with Crippen LogP contribution in [0.3, 0.4) is 0 Å². The Morgan fingerprint density at radius 1 is 1.00 bits per heavy atom. The zero-order chi connectivity index (χ0) is 22.4. The van der Waals surface area contributed by atoms with Crippen molar-refractivity contribution in [3.8, 4) is 0 Å². The first-order valence-electron chi connectivity index (χ1n) is 10.6. The van der Waals surface area contributed by atoms with E-state index in [0.29, 0.717) is 12.1 Å². The molecule has 7 heteroatoms. The predicted octanol–water partition coefficient (Wildman–Crippen LogP) is 3.51. The quantitative estimate of drug-likeness (QED) is 0.663. The largest absolute Gasteiger partial charge is 0.465 e. The normalized spacial score (nSPS) is 17.0. The van der Waals surface area contributed by atoms with Gasteiger partial charge in [-0.3, -0.25) is 14.6 Å². The molecule has 1 aliphatic rings. The standard InChI is InChI=1S/C24H30ClN3O3/c1-17(21-6-4-5-7-22(21)25)27-12-14-28(15-13-27)18(2)23(29)26-16-19-8-10-20(11-9-19)24(30)31-3/h4-11,17-18H,12-16H2,1-3H3,(H,26,29). The Kier molecular flexibility index (Phi) is 8.07. The van der Waals surface area contributed by atoms with Gasteiger partial charge in [0.15, 0.2) is 0 Å². The molecular formula is C24H30ClN3O3. The van der Waals surface area contributed by atoms with Crippen molar-refractivity contribution in [3.63, 3.8) is 0 Å². The SMILES string of the molecule is COC(=O)c1ccc(CNC(=O)C(C)N2CCN(C(C)c3ccccc3Cl)CC2)cc1. The average Bonchev–Trinajstić information content (AvgIpc) is 2.82. The van der Waals surface area contributed by atoms with E-state index in [9.17, 15) is 9.59 Å². The van der Waals surface area contributed by atoms with Crippen molar-refractivity contribution >= 4 is 23.5 Å². The number of hydrogen-bond acceptors (Lipinski definition) is 5. The lowest BCUT2D eigenvalue weighted by atomic mass is 10.1. The van der Waals surface area contributed by atoms with Crippen molar-refractivity contribution in [2.24, 2.45) is 0 Å². The lowest BCUT2D eigenvalue weighted by Crippen LogP contribution is -2.54. The van der Waals surface area contributed by atoms with E-state index < -0.39 is 0 Å². The number of nitrogens with zero attached hydrogens (tertiary/aromatic N) is 2. The molecule has 1 aliphatic heterocycles. The monoisotopic (exact) mass is 443 g/mol. The summed E-state index contributed by atoms with van der Waals surface area (Å²) >= 11 is 6.36. The van der Waals surface area contributed by atoms with Crippen LogP contribution in [0.1, 0.15) is 41.4 Å². The molecule has 0 bridgehead atoms. The summed E-state index contributed by atoms with van der Waals surface area (Å²) < 4.78 is 4.70. The predicted molar refractivity (Wildman–Crippen MR) is 122 cm³/mol. The molecule has 2 aromatic rings. The lowest BCUT2D eigenvalue weighted by Gasteiger charge is -2.40. The Bertz CT molecular complexity index is 895.